The molecule has 0 aliphatic carbocycles. The number of aromatic nitrogens is 1. The molecule has 1 heterocycles. The van der Waals surface area contributed by atoms with Crippen LogP contribution in [-0.4, -0.2) is 23.4 Å². The average Bonchev–Trinajstić information content (AvgIpc) is 2.70. The first-order chi connectivity index (χ1) is 13.5. The van der Waals surface area contributed by atoms with Crippen LogP contribution in [0.15, 0.2) is 67.0 Å². The van der Waals surface area contributed by atoms with Gasteiger partial charge in [-0.15, -0.1) is 0 Å². The molecule has 1 aromatic heterocycles. The number of pyridine rings is 1. The largest absolute Gasteiger partial charge is 0.484 e. The van der Waals surface area contributed by atoms with Crippen molar-refractivity contribution in [3.8, 4) is 5.75 Å². The van der Waals surface area contributed by atoms with Crippen LogP contribution in [0.5, 0.6) is 5.75 Å². The first kappa shape index (κ1) is 19.4. The van der Waals surface area contributed by atoms with Crippen molar-refractivity contribution >= 4 is 34.8 Å². The third-order valence-corrected chi connectivity index (χ3v) is 4.29. The number of hydrogen-bond donors (Lipinski definition) is 2. The van der Waals surface area contributed by atoms with E-state index in [9.17, 15) is 9.59 Å². The molecular weight excluding hydrogens is 378 g/mol. The molecule has 3 rings (SSSR count). The Morgan fingerprint density at radius 2 is 1.89 bits per heavy atom. The minimum Gasteiger partial charge on any atom is -0.484 e. The number of hydrogen-bond acceptors (Lipinski definition) is 4. The number of ether oxygens (including phenoxy) is 1. The molecule has 2 amide bonds. The van der Waals surface area contributed by atoms with Gasteiger partial charge in [-0.2, -0.15) is 0 Å². The van der Waals surface area contributed by atoms with Gasteiger partial charge in [0, 0.05) is 11.2 Å². The number of para-hydroxylation sites is 1. The maximum atomic E-state index is 12.5. The first-order valence-electron chi connectivity index (χ1n) is 8.52. The third kappa shape index (κ3) is 5.08. The van der Waals surface area contributed by atoms with Gasteiger partial charge in [0.05, 0.1) is 23.1 Å². The summed E-state index contributed by atoms with van der Waals surface area (Å²) in [7, 11) is 0. The van der Waals surface area contributed by atoms with Gasteiger partial charge in [0.15, 0.2) is 6.61 Å². The van der Waals surface area contributed by atoms with Crippen LogP contribution in [-0.2, 0) is 4.79 Å². The van der Waals surface area contributed by atoms with Crippen LogP contribution in [0.25, 0.3) is 0 Å². The zero-order chi connectivity index (χ0) is 19.9. The molecule has 142 valence electrons. The van der Waals surface area contributed by atoms with E-state index < -0.39 is 0 Å². The Labute approximate surface area is 167 Å². The van der Waals surface area contributed by atoms with Crippen LogP contribution in [0.4, 0.5) is 11.4 Å². The van der Waals surface area contributed by atoms with Crippen molar-refractivity contribution in [2.45, 2.75) is 6.92 Å². The monoisotopic (exact) mass is 395 g/mol. The first-order valence-corrected chi connectivity index (χ1v) is 8.90. The van der Waals surface area contributed by atoms with Gasteiger partial charge in [-0.25, -0.2) is 0 Å². The maximum absolute atomic E-state index is 12.5. The molecule has 3 aromatic rings. The highest BCUT2D eigenvalue weighted by molar-refractivity contribution is 6.31. The fourth-order valence-electron chi connectivity index (χ4n) is 2.47. The molecule has 0 unspecified atom stereocenters. The van der Waals surface area contributed by atoms with Gasteiger partial charge in [0.25, 0.3) is 11.8 Å². The van der Waals surface area contributed by atoms with Crippen LogP contribution in [0.2, 0.25) is 5.02 Å². The van der Waals surface area contributed by atoms with Crippen molar-refractivity contribution in [2.75, 3.05) is 17.2 Å². The van der Waals surface area contributed by atoms with Crippen molar-refractivity contribution in [2.24, 2.45) is 0 Å². The minimum atomic E-state index is -0.380. The van der Waals surface area contributed by atoms with Crippen LogP contribution in [0.1, 0.15) is 15.9 Å². The van der Waals surface area contributed by atoms with Crippen LogP contribution < -0.4 is 15.4 Å². The standard InChI is InChI=1S/C21H18ClN3O3/c1-14-11-16(8-9-18(14)22)28-13-20(26)25-19-7-3-2-6-17(19)21(27)24-15-5-4-10-23-12-15/h2-12H,13H2,1H3,(H,24,27)(H,25,26). The van der Waals surface area contributed by atoms with E-state index in [1.165, 1.54) is 0 Å². The molecule has 2 aromatic carbocycles. The highest BCUT2D eigenvalue weighted by Crippen LogP contribution is 2.21. The summed E-state index contributed by atoms with van der Waals surface area (Å²) in [4.78, 5) is 28.8. The summed E-state index contributed by atoms with van der Waals surface area (Å²) in [5.41, 5.74) is 2.15. The smallest absolute Gasteiger partial charge is 0.262 e. The van der Waals surface area contributed by atoms with Gasteiger partial charge < -0.3 is 15.4 Å². The number of amides is 2. The lowest BCUT2D eigenvalue weighted by atomic mass is 10.1. The topological polar surface area (TPSA) is 80.3 Å². The minimum absolute atomic E-state index is 0.195. The molecule has 7 heteroatoms. The number of carbonyl (C=O) groups excluding carboxylic acids is 2. The van der Waals surface area contributed by atoms with E-state index >= 15 is 0 Å². The van der Waals surface area contributed by atoms with Crippen molar-refractivity contribution in [3.63, 3.8) is 0 Å². The van der Waals surface area contributed by atoms with Gasteiger partial charge in [0.2, 0.25) is 0 Å². The molecule has 0 bridgehead atoms. The lowest BCUT2D eigenvalue weighted by Gasteiger charge is -2.12. The second-order valence-corrected chi connectivity index (χ2v) is 6.40. The molecule has 0 aliphatic heterocycles. The molecule has 0 fully saturated rings. The van der Waals surface area contributed by atoms with E-state index in [0.717, 1.165) is 5.56 Å². The second kappa shape index (κ2) is 9.01. The lowest BCUT2D eigenvalue weighted by Crippen LogP contribution is -2.22. The molecule has 28 heavy (non-hydrogen) atoms. The number of benzene rings is 2. The number of aryl methyl sites for hydroxylation is 1. The number of nitrogens with zero attached hydrogens (tertiary/aromatic N) is 1. The van der Waals surface area contributed by atoms with Crippen molar-refractivity contribution in [1.82, 2.24) is 4.98 Å². The van der Waals surface area contributed by atoms with Crippen LogP contribution in [0.3, 0.4) is 0 Å². The molecule has 0 radical (unpaired) electrons. The molecular formula is C21H18ClN3O3. The molecule has 0 saturated heterocycles. The summed E-state index contributed by atoms with van der Waals surface area (Å²) in [6, 6.07) is 15.4. The molecule has 0 saturated carbocycles. The summed E-state index contributed by atoms with van der Waals surface area (Å²) < 4.78 is 5.49. The number of halogens is 1. The van der Waals surface area contributed by atoms with Gasteiger partial charge >= 0.3 is 0 Å². The fraction of sp³-hybridized carbons (Fsp3) is 0.0952. The summed E-state index contributed by atoms with van der Waals surface area (Å²) in [5.74, 6) is -0.188. The van der Waals surface area contributed by atoms with Gasteiger partial charge in [-0.05, 0) is 55.0 Å². The van der Waals surface area contributed by atoms with Crippen LogP contribution in [0, 0.1) is 6.92 Å². The van der Waals surface area contributed by atoms with Crippen LogP contribution >= 0.6 is 11.6 Å². The SMILES string of the molecule is Cc1cc(OCC(=O)Nc2ccccc2C(=O)Nc2cccnc2)ccc1Cl. The molecule has 0 atom stereocenters. The number of carbonyl (C=O) groups is 2. The maximum Gasteiger partial charge on any atom is 0.262 e. The Morgan fingerprint density at radius 1 is 1.07 bits per heavy atom. The van der Waals surface area contributed by atoms with E-state index in [1.54, 1.807) is 67.0 Å². The zero-order valence-corrected chi connectivity index (χ0v) is 15.9. The molecule has 0 spiro atoms. The Morgan fingerprint density at radius 3 is 2.64 bits per heavy atom. The number of anilines is 2. The summed E-state index contributed by atoms with van der Waals surface area (Å²) in [5, 5.41) is 6.08. The van der Waals surface area contributed by atoms with Gasteiger partial charge in [0.1, 0.15) is 5.75 Å². The summed E-state index contributed by atoms with van der Waals surface area (Å²) in [6.45, 7) is 1.66. The third-order valence-electron chi connectivity index (χ3n) is 3.86. The van der Waals surface area contributed by atoms with Gasteiger partial charge in [-0.1, -0.05) is 23.7 Å². The number of rotatable bonds is 6. The van der Waals surface area contributed by atoms with Gasteiger partial charge in [-0.3, -0.25) is 14.6 Å². The van der Waals surface area contributed by atoms with E-state index in [1.807, 2.05) is 6.92 Å². The average molecular weight is 396 g/mol. The Kier molecular flexibility index (Phi) is 6.24. The Hall–Kier alpha value is -3.38. The quantitative estimate of drug-likeness (QED) is 0.651. The Balaban J connectivity index is 1.64. The summed E-state index contributed by atoms with van der Waals surface area (Å²) >= 11 is 5.98. The van der Waals surface area contributed by atoms with E-state index in [4.69, 9.17) is 16.3 Å². The highest BCUT2D eigenvalue weighted by Gasteiger charge is 2.14. The molecule has 6 nitrogen and oxygen atoms in total. The van der Waals surface area contributed by atoms with E-state index in [-0.39, 0.29) is 18.4 Å². The molecule has 0 aliphatic rings. The van der Waals surface area contributed by atoms with Crippen molar-refractivity contribution in [3.05, 3.63) is 83.1 Å². The fourth-order valence-corrected chi connectivity index (χ4v) is 2.58. The van der Waals surface area contributed by atoms with E-state index in [0.29, 0.717) is 27.7 Å². The highest BCUT2D eigenvalue weighted by atomic mass is 35.5. The Bertz CT molecular complexity index is 993. The van der Waals surface area contributed by atoms with Crippen molar-refractivity contribution in [1.29, 1.82) is 0 Å². The van der Waals surface area contributed by atoms with Crippen molar-refractivity contribution < 1.29 is 14.3 Å². The molecule has 2 N–H and O–H groups in total. The van der Waals surface area contributed by atoms with E-state index in [2.05, 4.69) is 15.6 Å². The normalized spacial score (nSPS) is 10.2. The predicted molar refractivity (Wildman–Crippen MR) is 109 cm³/mol. The zero-order valence-electron chi connectivity index (χ0n) is 15.1. The predicted octanol–water partition coefficient (Wildman–Crippen LogP) is 4.31. The number of nitrogens with one attached hydrogen (secondary N) is 2. The second-order valence-electron chi connectivity index (χ2n) is 5.99. The lowest BCUT2D eigenvalue weighted by molar-refractivity contribution is -0.118. The summed E-state index contributed by atoms with van der Waals surface area (Å²) in [6.07, 6.45) is 3.16.